The molecule has 0 N–H and O–H groups in total. The molecule has 1 atom stereocenters. The van der Waals surface area contributed by atoms with Gasteiger partial charge in [0, 0.05) is 19.4 Å². The van der Waals surface area contributed by atoms with Gasteiger partial charge in [-0.05, 0) is 61.7 Å². The minimum Gasteiger partial charge on any atom is -0.463 e. The maximum atomic E-state index is 13.6. The average Bonchev–Trinajstić information content (AvgIpc) is 2.86. The lowest BCUT2D eigenvalue weighted by Gasteiger charge is -2.37. The quantitative estimate of drug-likeness (QED) is 0.110. The second-order valence-corrected chi connectivity index (χ2v) is 17.3. The molecule has 0 bridgehead atoms. The number of ether oxygens (including phenoxy) is 4. The number of fused-ring (bicyclic) bond motifs is 1. The molecule has 0 spiro atoms. The van der Waals surface area contributed by atoms with Gasteiger partial charge >= 0.3 is 5.97 Å². The van der Waals surface area contributed by atoms with Crippen LogP contribution in [-0.4, -0.2) is 39.1 Å². The predicted molar refractivity (Wildman–Crippen MR) is 159 cm³/mol. The SMILES string of the molecule is CCCCC[C@@H](CO[Si](C)(C)C(C)(C)C)OC(=O)c1c(C)cccc1Oc1ccc2c(c1C=O)COC(C)(C)O2. The smallest absolute Gasteiger partial charge is 0.342 e. The van der Waals surface area contributed by atoms with E-state index in [1.54, 1.807) is 18.2 Å². The summed E-state index contributed by atoms with van der Waals surface area (Å²) >= 11 is 0. The third-order valence-corrected chi connectivity index (χ3v) is 12.3. The molecule has 0 amide bonds. The van der Waals surface area contributed by atoms with E-state index in [9.17, 15) is 9.59 Å². The molecule has 40 heavy (non-hydrogen) atoms. The number of hydrogen-bond acceptors (Lipinski definition) is 7. The number of aryl methyl sites for hydroxylation is 1. The van der Waals surface area contributed by atoms with Gasteiger partial charge in [-0.1, -0.05) is 52.7 Å². The Kier molecular flexibility index (Phi) is 10.2. The molecule has 3 rings (SSSR count). The van der Waals surface area contributed by atoms with Gasteiger partial charge in [0.1, 0.15) is 28.9 Å². The zero-order valence-corrected chi connectivity index (χ0v) is 26.6. The Hall–Kier alpha value is -2.68. The molecule has 2 aromatic rings. The number of carbonyl (C=O) groups is 2. The summed E-state index contributed by atoms with van der Waals surface area (Å²) in [5.41, 5.74) is 1.99. The minimum absolute atomic E-state index is 0.0546. The first-order valence-corrected chi connectivity index (χ1v) is 17.2. The lowest BCUT2D eigenvalue weighted by molar-refractivity contribution is -0.180. The minimum atomic E-state index is -2.02. The van der Waals surface area contributed by atoms with Crippen LogP contribution in [0, 0.1) is 6.92 Å². The number of rotatable bonds is 12. The van der Waals surface area contributed by atoms with E-state index < -0.39 is 20.1 Å². The zero-order chi connectivity index (χ0) is 29.7. The molecule has 220 valence electrons. The van der Waals surface area contributed by atoms with Crippen molar-refractivity contribution in [3.05, 3.63) is 52.6 Å². The molecule has 7 nitrogen and oxygen atoms in total. The molecule has 0 aliphatic carbocycles. The Morgan fingerprint density at radius 1 is 1.12 bits per heavy atom. The van der Waals surface area contributed by atoms with Crippen molar-refractivity contribution in [1.29, 1.82) is 0 Å². The largest absolute Gasteiger partial charge is 0.463 e. The molecule has 0 aromatic heterocycles. The third-order valence-electron chi connectivity index (χ3n) is 7.81. The van der Waals surface area contributed by atoms with Gasteiger partial charge in [0.15, 0.2) is 14.6 Å². The summed E-state index contributed by atoms with van der Waals surface area (Å²) in [6, 6.07) is 8.82. The van der Waals surface area contributed by atoms with Crippen molar-refractivity contribution in [3.63, 3.8) is 0 Å². The fourth-order valence-corrected chi connectivity index (χ4v) is 5.29. The van der Waals surface area contributed by atoms with E-state index in [-0.39, 0.29) is 17.7 Å². The van der Waals surface area contributed by atoms with Gasteiger partial charge in [0.2, 0.25) is 5.79 Å². The van der Waals surface area contributed by atoms with E-state index in [1.165, 1.54) is 0 Å². The van der Waals surface area contributed by atoms with Gasteiger partial charge < -0.3 is 23.4 Å². The van der Waals surface area contributed by atoms with Crippen LogP contribution in [0.3, 0.4) is 0 Å². The van der Waals surface area contributed by atoms with Crippen molar-refractivity contribution in [1.82, 2.24) is 0 Å². The highest BCUT2D eigenvalue weighted by atomic mass is 28.4. The van der Waals surface area contributed by atoms with Crippen molar-refractivity contribution < 1.29 is 33.0 Å². The van der Waals surface area contributed by atoms with E-state index in [1.807, 2.05) is 32.9 Å². The average molecular weight is 571 g/mol. The van der Waals surface area contributed by atoms with Crippen molar-refractivity contribution >= 4 is 20.6 Å². The summed E-state index contributed by atoms with van der Waals surface area (Å²) in [4.78, 5) is 25.8. The second-order valence-electron chi connectivity index (χ2n) is 12.5. The molecular weight excluding hydrogens is 524 g/mol. The topological polar surface area (TPSA) is 80.3 Å². The molecule has 0 fully saturated rings. The third kappa shape index (κ3) is 7.74. The fraction of sp³-hybridized carbons (Fsp3) is 0.562. The van der Waals surface area contributed by atoms with Crippen LogP contribution in [0.2, 0.25) is 18.1 Å². The van der Waals surface area contributed by atoms with Crippen LogP contribution in [0.25, 0.3) is 0 Å². The summed E-state index contributed by atoms with van der Waals surface area (Å²) in [7, 11) is -2.02. The van der Waals surface area contributed by atoms with Crippen molar-refractivity contribution in [2.45, 2.75) is 111 Å². The van der Waals surface area contributed by atoms with Gasteiger partial charge in [0.05, 0.1) is 18.8 Å². The van der Waals surface area contributed by atoms with Gasteiger partial charge in [-0.15, -0.1) is 0 Å². The molecular formula is C32H46O7Si. The Morgan fingerprint density at radius 2 is 1.85 bits per heavy atom. The van der Waals surface area contributed by atoms with Crippen LogP contribution in [0.5, 0.6) is 17.2 Å². The molecule has 8 heteroatoms. The van der Waals surface area contributed by atoms with Crippen molar-refractivity contribution in [3.8, 4) is 17.2 Å². The molecule has 0 saturated carbocycles. The molecule has 1 heterocycles. The molecule has 0 radical (unpaired) electrons. The van der Waals surface area contributed by atoms with Crippen molar-refractivity contribution in [2.75, 3.05) is 6.61 Å². The monoisotopic (exact) mass is 570 g/mol. The standard InChI is InChI=1S/C32H46O7Si/c1-10-11-12-15-23(20-36-40(8,9)31(3,4)5)37-30(34)29-22(2)14-13-16-28(29)38-26-17-18-27-25(24(26)19-33)21-35-32(6,7)39-27/h13-14,16-19,23H,10-12,15,20-21H2,1-9H3/t23-/m0/s1. The molecule has 0 saturated heterocycles. The Labute approximate surface area is 240 Å². The fourth-order valence-electron chi connectivity index (χ4n) is 4.26. The van der Waals surface area contributed by atoms with Crippen molar-refractivity contribution in [2.24, 2.45) is 0 Å². The first-order chi connectivity index (χ1) is 18.7. The highest BCUT2D eigenvalue weighted by Gasteiger charge is 2.38. The normalized spacial score (nSPS) is 15.5. The number of benzene rings is 2. The van der Waals surface area contributed by atoms with Crippen LogP contribution in [0.1, 0.15) is 99.1 Å². The number of carbonyl (C=O) groups excluding carboxylic acids is 2. The van der Waals surface area contributed by atoms with Gasteiger partial charge in [-0.3, -0.25) is 4.79 Å². The molecule has 2 aromatic carbocycles. The van der Waals surface area contributed by atoms with Crippen LogP contribution < -0.4 is 9.47 Å². The number of hydrogen-bond donors (Lipinski definition) is 0. The van der Waals surface area contributed by atoms with E-state index in [4.69, 9.17) is 23.4 Å². The van der Waals surface area contributed by atoms with E-state index in [0.717, 1.165) is 37.5 Å². The maximum absolute atomic E-state index is 13.6. The molecule has 1 aliphatic heterocycles. The second kappa shape index (κ2) is 12.9. The van der Waals surface area contributed by atoms with Crippen LogP contribution >= 0.6 is 0 Å². The van der Waals surface area contributed by atoms with E-state index in [0.29, 0.717) is 40.5 Å². The van der Waals surface area contributed by atoms with Crippen LogP contribution in [0.4, 0.5) is 0 Å². The van der Waals surface area contributed by atoms with Gasteiger partial charge in [-0.2, -0.15) is 0 Å². The number of aldehydes is 1. The summed E-state index contributed by atoms with van der Waals surface area (Å²) in [6.45, 7) is 19.2. The summed E-state index contributed by atoms with van der Waals surface area (Å²) in [5.74, 6) is -0.0336. The molecule has 1 aliphatic rings. The Balaban J connectivity index is 1.87. The first-order valence-electron chi connectivity index (χ1n) is 14.3. The maximum Gasteiger partial charge on any atom is 0.342 e. The zero-order valence-electron chi connectivity index (χ0n) is 25.6. The van der Waals surface area contributed by atoms with Gasteiger partial charge in [-0.25, -0.2) is 4.79 Å². The highest BCUT2D eigenvalue weighted by Crippen LogP contribution is 2.40. The number of esters is 1. The lowest BCUT2D eigenvalue weighted by atomic mass is 10.0. The number of unbranched alkanes of at least 4 members (excludes halogenated alkanes) is 2. The Morgan fingerprint density at radius 3 is 2.50 bits per heavy atom. The summed E-state index contributed by atoms with van der Waals surface area (Å²) in [6.07, 6.45) is 4.18. The first kappa shape index (κ1) is 31.8. The van der Waals surface area contributed by atoms with E-state index in [2.05, 4.69) is 40.8 Å². The lowest BCUT2D eigenvalue weighted by Crippen LogP contribution is -2.43. The summed E-state index contributed by atoms with van der Waals surface area (Å²) in [5, 5.41) is 0.0546. The van der Waals surface area contributed by atoms with Gasteiger partial charge in [0.25, 0.3) is 0 Å². The summed E-state index contributed by atoms with van der Waals surface area (Å²) < 4.78 is 30.4. The van der Waals surface area contributed by atoms with Crippen LogP contribution in [-0.2, 0) is 20.5 Å². The molecule has 0 unspecified atom stereocenters. The Bertz CT molecular complexity index is 1200. The van der Waals surface area contributed by atoms with Crippen LogP contribution in [0.15, 0.2) is 30.3 Å². The predicted octanol–water partition coefficient (Wildman–Crippen LogP) is 8.37. The highest BCUT2D eigenvalue weighted by molar-refractivity contribution is 6.74. The van der Waals surface area contributed by atoms with E-state index >= 15 is 0 Å².